The fraction of sp³-hybridized carbons (Fsp3) is 0.583. The highest BCUT2D eigenvalue weighted by Gasteiger charge is 2.17. The van der Waals surface area contributed by atoms with Crippen molar-refractivity contribution in [2.75, 3.05) is 7.11 Å². The van der Waals surface area contributed by atoms with Gasteiger partial charge in [0.15, 0.2) is 5.75 Å². The first-order valence-electron chi connectivity index (χ1n) is 5.63. The minimum atomic E-state index is 0.136. The number of methoxy groups -OCH3 is 1. The molecular weight excluding hydrogens is 224 g/mol. The van der Waals surface area contributed by atoms with Gasteiger partial charge in [0.1, 0.15) is 5.69 Å². The lowest BCUT2D eigenvalue weighted by Gasteiger charge is -2.09. The Morgan fingerprint density at radius 3 is 3.06 bits per heavy atom. The van der Waals surface area contributed by atoms with Crippen LogP contribution in [0.3, 0.4) is 0 Å². The molecule has 0 spiro atoms. The van der Waals surface area contributed by atoms with Gasteiger partial charge in [0, 0.05) is 7.05 Å². The summed E-state index contributed by atoms with van der Waals surface area (Å²) in [5.41, 5.74) is 2.32. The molecule has 2 rings (SSSR count). The summed E-state index contributed by atoms with van der Waals surface area (Å²) in [6.45, 7) is 0. The Morgan fingerprint density at radius 1 is 1.50 bits per heavy atom. The van der Waals surface area contributed by atoms with Crippen LogP contribution >= 0.6 is 11.6 Å². The van der Waals surface area contributed by atoms with Crippen molar-refractivity contribution in [2.24, 2.45) is 7.05 Å². The molecule has 88 valence electrons. The number of ether oxygens (including phenoxy) is 1. The Morgan fingerprint density at radius 2 is 2.31 bits per heavy atom. The normalized spacial score (nSPS) is 21.4. The topological polar surface area (TPSA) is 27.1 Å². The third-order valence-electron chi connectivity index (χ3n) is 2.99. The van der Waals surface area contributed by atoms with Gasteiger partial charge in [-0.05, 0) is 24.8 Å². The van der Waals surface area contributed by atoms with Crippen LogP contribution < -0.4 is 4.74 Å². The average molecular weight is 241 g/mol. The zero-order valence-electron chi connectivity index (χ0n) is 9.74. The highest BCUT2D eigenvalue weighted by molar-refractivity contribution is 6.22. The monoisotopic (exact) mass is 240 g/mol. The van der Waals surface area contributed by atoms with Crippen molar-refractivity contribution in [3.63, 3.8) is 0 Å². The van der Waals surface area contributed by atoms with Crippen molar-refractivity contribution in [3.8, 4) is 5.75 Å². The maximum Gasteiger partial charge on any atom is 0.164 e. The first-order valence-corrected chi connectivity index (χ1v) is 6.07. The van der Waals surface area contributed by atoms with E-state index in [-0.39, 0.29) is 5.38 Å². The molecule has 0 fully saturated rings. The van der Waals surface area contributed by atoms with Crippen LogP contribution in [-0.2, 0) is 7.05 Å². The summed E-state index contributed by atoms with van der Waals surface area (Å²) in [6, 6.07) is 0. The molecule has 1 aromatic heterocycles. The van der Waals surface area contributed by atoms with Crippen molar-refractivity contribution >= 4 is 17.2 Å². The zero-order chi connectivity index (χ0) is 11.5. The molecule has 0 bridgehead atoms. The number of allylic oxidation sites excluding steroid dienone is 2. The van der Waals surface area contributed by atoms with Gasteiger partial charge in [-0.1, -0.05) is 12.5 Å². The van der Waals surface area contributed by atoms with E-state index in [2.05, 4.69) is 11.2 Å². The van der Waals surface area contributed by atoms with E-state index >= 15 is 0 Å². The first kappa shape index (κ1) is 11.5. The number of hydrogen-bond acceptors (Lipinski definition) is 2. The number of aromatic nitrogens is 2. The Balaban J connectivity index is 2.37. The van der Waals surface area contributed by atoms with Crippen molar-refractivity contribution in [2.45, 2.75) is 31.1 Å². The summed E-state index contributed by atoms with van der Waals surface area (Å²) in [5.74, 6) is 0.833. The van der Waals surface area contributed by atoms with Crippen LogP contribution in [0, 0.1) is 0 Å². The lowest BCUT2D eigenvalue weighted by molar-refractivity contribution is 0.412. The molecule has 0 amide bonds. The lowest BCUT2D eigenvalue weighted by Crippen LogP contribution is -2.00. The Hall–Kier alpha value is -0.960. The van der Waals surface area contributed by atoms with Gasteiger partial charge < -0.3 is 4.74 Å². The Kier molecular flexibility index (Phi) is 3.54. The molecule has 3 nitrogen and oxygen atoms in total. The molecule has 1 unspecified atom stereocenters. The van der Waals surface area contributed by atoms with Crippen LogP contribution in [-0.4, -0.2) is 22.3 Å². The van der Waals surface area contributed by atoms with Crippen molar-refractivity contribution in [1.82, 2.24) is 9.78 Å². The minimum absolute atomic E-state index is 0.136. The van der Waals surface area contributed by atoms with Crippen LogP contribution in [0.5, 0.6) is 5.75 Å². The quantitative estimate of drug-likeness (QED) is 0.744. The molecule has 1 aliphatic carbocycles. The van der Waals surface area contributed by atoms with Gasteiger partial charge in [-0.25, -0.2) is 0 Å². The molecule has 16 heavy (non-hydrogen) atoms. The Bertz CT molecular complexity index is 398. The number of nitrogens with zero attached hydrogens (tertiary/aromatic N) is 2. The molecule has 0 radical (unpaired) electrons. The van der Waals surface area contributed by atoms with E-state index in [9.17, 15) is 0 Å². The van der Waals surface area contributed by atoms with E-state index in [0.29, 0.717) is 0 Å². The predicted molar refractivity (Wildman–Crippen MR) is 65.8 cm³/mol. The van der Waals surface area contributed by atoms with Gasteiger partial charge in [0.05, 0.1) is 18.7 Å². The fourth-order valence-corrected chi connectivity index (χ4v) is 2.48. The van der Waals surface area contributed by atoms with Crippen molar-refractivity contribution in [3.05, 3.63) is 18.0 Å². The van der Waals surface area contributed by atoms with E-state index in [1.165, 1.54) is 18.4 Å². The van der Waals surface area contributed by atoms with Gasteiger partial charge >= 0.3 is 0 Å². The number of hydrogen-bond donors (Lipinski definition) is 0. The molecule has 0 saturated heterocycles. The molecule has 1 atom stereocenters. The maximum absolute atomic E-state index is 6.23. The van der Waals surface area contributed by atoms with Gasteiger partial charge in [-0.3, -0.25) is 4.68 Å². The van der Waals surface area contributed by atoms with E-state index in [4.69, 9.17) is 16.3 Å². The predicted octanol–water partition coefficient (Wildman–Crippen LogP) is 2.99. The van der Waals surface area contributed by atoms with Crippen LogP contribution in [0.1, 0.15) is 31.4 Å². The summed E-state index contributed by atoms with van der Waals surface area (Å²) < 4.78 is 7.19. The van der Waals surface area contributed by atoms with E-state index in [1.54, 1.807) is 13.3 Å². The maximum atomic E-state index is 6.23. The second kappa shape index (κ2) is 4.91. The van der Waals surface area contributed by atoms with Crippen LogP contribution in [0.25, 0.3) is 5.57 Å². The first-order chi connectivity index (χ1) is 7.72. The zero-order valence-corrected chi connectivity index (χ0v) is 10.5. The molecule has 1 aliphatic rings. The number of halogens is 1. The molecule has 1 aromatic rings. The molecule has 0 N–H and O–H groups in total. The van der Waals surface area contributed by atoms with Gasteiger partial charge in [-0.15, -0.1) is 11.6 Å². The summed E-state index contributed by atoms with van der Waals surface area (Å²) in [7, 11) is 3.61. The van der Waals surface area contributed by atoms with Crippen molar-refractivity contribution < 1.29 is 4.74 Å². The van der Waals surface area contributed by atoms with Crippen LogP contribution in [0.4, 0.5) is 0 Å². The molecule has 1 heterocycles. The van der Waals surface area contributed by atoms with E-state index in [0.717, 1.165) is 24.3 Å². The number of alkyl halides is 1. The molecular formula is C12H17ClN2O. The van der Waals surface area contributed by atoms with E-state index < -0.39 is 0 Å². The fourth-order valence-electron chi connectivity index (χ4n) is 2.17. The lowest BCUT2D eigenvalue weighted by atomic mass is 10.1. The third kappa shape index (κ3) is 2.24. The highest BCUT2D eigenvalue weighted by Crippen LogP contribution is 2.32. The standard InChI is InChI=1S/C12H17ClN2O/c1-15-12(11(16-2)8-14-15)9-5-3-4-6-10(13)7-9/h7-8,10H,3-6H2,1-2H3. The Labute approximate surface area is 101 Å². The third-order valence-corrected chi connectivity index (χ3v) is 3.33. The molecule has 0 aliphatic heterocycles. The molecule has 0 aromatic carbocycles. The second-order valence-corrected chi connectivity index (χ2v) is 4.70. The number of aryl methyl sites for hydroxylation is 1. The van der Waals surface area contributed by atoms with Crippen LogP contribution in [0.2, 0.25) is 0 Å². The van der Waals surface area contributed by atoms with Crippen molar-refractivity contribution in [1.29, 1.82) is 0 Å². The van der Waals surface area contributed by atoms with Gasteiger partial charge in [-0.2, -0.15) is 5.10 Å². The van der Waals surface area contributed by atoms with Crippen LogP contribution in [0.15, 0.2) is 12.3 Å². The summed E-state index contributed by atoms with van der Waals surface area (Å²) in [4.78, 5) is 0. The molecule has 4 heteroatoms. The second-order valence-electron chi connectivity index (χ2n) is 4.14. The van der Waals surface area contributed by atoms with Gasteiger partial charge in [0.25, 0.3) is 0 Å². The van der Waals surface area contributed by atoms with E-state index in [1.807, 2.05) is 11.7 Å². The number of rotatable bonds is 2. The molecule has 0 saturated carbocycles. The summed E-state index contributed by atoms with van der Waals surface area (Å²) in [6.07, 6.45) is 8.39. The van der Waals surface area contributed by atoms with Gasteiger partial charge in [0.2, 0.25) is 0 Å². The highest BCUT2D eigenvalue weighted by atomic mass is 35.5. The minimum Gasteiger partial charge on any atom is -0.493 e. The summed E-state index contributed by atoms with van der Waals surface area (Å²) in [5, 5.41) is 4.36. The largest absolute Gasteiger partial charge is 0.493 e. The smallest absolute Gasteiger partial charge is 0.164 e. The SMILES string of the molecule is COc1cnn(C)c1C1=CC(Cl)CCCC1. The average Bonchev–Trinajstić information content (AvgIpc) is 2.50. The summed E-state index contributed by atoms with van der Waals surface area (Å²) >= 11 is 6.23.